The van der Waals surface area contributed by atoms with E-state index in [0.29, 0.717) is 11.1 Å². The number of carbonyl (C=O) groups excluding carboxylic acids is 2. The summed E-state index contributed by atoms with van der Waals surface area (Å²) in [4.78, 5) is 31.1. The lowest BCUT2D eigenvalue weighted by Crippen LogP contribution is -2.32. The van der Waals surface area contributed by atoms with Crippen LogP contribution in [0.4, 0.5) is 11.4 Å². The molecule has 0 atom stereocenters. The summed E-state index contributed by atoms with van der Waals surface area (Å²) in [6, 6.07) is 9.48. The van der Waals surface area contributed by atoms with E-state index in [0.717, 1.165) is 24.7 Å². The minimum absolute atomic E-state index is 0.0200. The van der Waals surface area contributed by atoms with Crippen LogP contribution in [0.2, 0.25) is 0 Å². The number of nitrogens with one attached hydrogen (secondary N) is 2. The van der Waals surface area contributed by atoms with Crippen molar-refractivity contribution in [1.29, 1.82) is 0 Å². The van der Waals surface area contributed by atoms with Crippen LogP contribution in [0.3, 0.4) is 0 Å². The Labute approximate surface area is 166 Å². The number of pyridine rings is 1. The summed E-state index contributed by atoms with van der Waals surface area (Å²) in [5.74, 6) is 0.269. The largest absolute Gasteiger partial charge is 0.372 e. The zero-order valence-corrected chi connectivity index (χ0v) is 16.7. The molecular weight excluding hydrogens is 352 g/mol. The van der Waals surface area contributed by atoms with Crippen LogP contribution in [0.1, 0.15) is 54.3 Å². The molecule has 6 heteroatoms. The Balaban J connectivity index is 1.64. The fourth-order valence-electron chi connectivity index (χ4n) is 3.26. The maximum Gasteiger partial charge on any atom is 0.257 e. The van der Waals surface area contributed by atoms with E-state index >= 15 is 0 Å². The highest BCUT2D eigenvalue weighted by Crippen LogP contribution is 2.24. The van der Waals surface area contributed by atoms with Crippen LogP contribution in [0.25, 0.3) is 0 Å². The topological polar surface area (TPSA) is 74.3 Å². The molecule has 0 radical (unpaired) electrons. The molecule has 2 amide bonds. The van der Waals surface area contributed by atoms with Gasteiger partial charge in [-0.05, 0) is 62.9 Å². The molecule has 1 fully saturated rings. The van der Waals surface area contributed by atoms with Crippen LogP contribution < -0.4 is 15.5 Å². The molecule has 1 aliphatic heterocycles. The Morgan fingerprint density at radius 1 is 1.04 bits per heavy atom. The molecule has 28 heavy (non-hydrogen) atoms. The Bertz CT molecular complexity index is 825. The predicted molar refractivity (Wildman–Crippen MR) is 112 cm³/mol. The van der Waals surface area contributed by atoms with Gasteiger partial charge in [-0.15, -0.1) is 0 Å². The van der Waals surface area contributed by atoms with Gasteiger partial charge in [0, 0.05) is 42.9 Å². The van der Waals surface area contributed by atoms with Crippen LogP contribution in [0, 0.1) is 5.92 Å². The van der Waals surface area contributed by atoms with Gasteiger partial charge in [0.25, 0.3) is 11.8 Å². The van der Waals surface area contributed by atoms with Crippen molar-refractivity contribution in [3.05, 3.63) is 53.9 Å². The zero-order chi connectivity index (χ0) is 20.1. The van der Waals surface area contributed by atoms with E-state index in [1.807, 2.05) is 38.1 Å². The summed E-state index contributed by atoms with van der Waals surface area (Å²) in [6.07, 6.45) is 5.35. The summed E-state index contributed by atoms with van der Waals surface area (Å²) in [7, 11) is 0. The smallest absolute Gasteiger partial charge is 0.257 e. The van der Waals surface area contributed by atoms with Crippen molar-refractivity contribution in [2.45, 2.75) is 39.7 Å². The van der Waals surface area contributed by atoms with Crippen molar-refractivity contribution in [2.75, 3.05) is 23.3 Å². The predicted octanol–water partition coefficient (Wildman–Crippen LogP) is 3.71. The van der Waals surface area contributed by atoms with Gasteiger partial charge < -0.3 is 15.5 Å². The Kier molecular flexibility index (Phi) is 6.29. The Hall–Kier alpha value is -2.89. The van der Waals surface area contributed by atoms with Gasteiger partial charge in [0.2, 0.25) is 0 Å². The number of anilines is 2. The van der Waals surface area contributed by atoms with Crippen molar-refractivity contribution in [3.63, 3.8) is 0 Å². The van der Waals surface area contributed by atoms with Crippen molar-refractivity contribution in [3.8, 4) is 0 Å². The maximum atomic E-state index is 12.5. The number of carbonyl (C=O) groups is 2. The van der Waals surface area contributed by atoms with Crippen LogP contribution in [0.5, 0.6) is 0 Å². The fourth-order valence-corrected chi connectivity index (χ4v) is 3.26. The Morgan fingerprint density at radius 2 is 1.64 bits per heavy atom. The molecule has 1 aromatic carbocycles. The molecule has 1 aliphatic rings. The molecule has 0 spiro atoms. The number of nitrogens with zero attached hydrogens (tertiary/aromatic N) is 2. The first-order valence-corrected chi connectivity index (χ1v) is 9.84. The first-order chi connectivity index (χ1) is 13.4. The minimum Gasteiger partial charge on any atom is -0.372 e. The molecule has 1 saturated heterocycles. The van der Waals surface area contributed by atoms with E-state index in [1.165, 1.54) is 30.9 Å². The summed E-state index contributed by atoms with van der Waals surface area (Å²) in [5.41, 5.74) is 2.62. The van der Waals surface area contributed by atoms with Crippen molar-refractivity contribution < 1.29 is 9.59 Å². The molecule has 0 saturated carbocycles. The minimum atomic E-state index is -0.286. The molecule has 148 valence electrons. The Morgan fingerprint density at radius 3 is 2.25 bits per heavy atom. The SMILES string of the molecule is CC1CCN(c2ccc(NC(=O)c3cncc(C(=O)NC(C)C)c3)cc2)CC1. The van der Waals surface area contributed by atoms with Gasteiger partial charge in [-0.1, -0.05) is 6.92 Å². The third kappa shape index (κ3) is 5.09. The summed E-state index contributed by atoms with van der Waals surface area (Å²) in [6.45, 7) is 8.21. The van der Waals surface area contributed by atoms with E-state index in [9.17, 15) is 9.59 Å². The number of aromatic nitrogens is 1. The fraction of sp³-hybridized carbons (Fsp3) is 0.409. The molecule has 2 heterocycles. The maximum absolute atomic E-state index is 12.5. The van der Waals surface area contributed by atoms with Gasteiger partial charge in [-0.25, -0.2) is 0 Å². The zero-order valence-electron chi connectivity index (χ0n) is 16.7. The number of hydrogen-bond acceptors (Lipinski definition) is 4. The molecule has 0 aliphatic carbocycles. The van der Waals surface area contributed by atoms with Gasteiger partial charge in [0.05, 0.1) is 11.1 Å². The second kappa shape index (κ2) is 8.87. The number of piperidine rings is 1. The number of rotatable bonds is 5. The monoisotopic (exact) mass is 380 g/mol. The first kappa shape index (κ1) is 19.9. The standard InChI is InChI=1S/C22H28N4O2/c1-15(2)24-21(27)17-12-18(14-23-13-17)22(28)25-19-4-6-20(7-5-19)26-10-8-16(3)9-11-26/h4-7,12-16H,8-11H2,1-3H3,(H,24,27)(H,25,28). The lowest BCUT2D eigenvalue weighted by atomic mass is 9.99. The molecular formula is C22H28N4O2. The molecule has 3 rings (SSSR count). The highest BCUT2D eigenvalue weighted by Gasteiger charge is 2.16. The van der Waals surface area contributed by atoms with Crippen LogP contribution in [-0.4, -0.2) is 35.9 Å². The van der Waals surface area contributed by atoms with E-state index < -0.39 is 0 Å². The van der Waals surface area contributed by atoms with Gasteiger partial charge in [-0.2, -0.15) is 0 Å². The van der Waals surface area contributed by atoms with Crippen molar-refractivity contribution >= 4 is 23.2 Å². The van der Waals surface area contributed by atoms with Crippen LogP contribution in [0.15, 0.2) is 42.7 Å². The highest BCUT2D eigenvalue weighted by molar-refractivity contribution is 6.05. The third-order valence-corrected chi connectivity index (χ3v) is 4.96. The average Bonchev–Trinajstić information content (AvgIpc) is 2.69. The summed E-state index contributed by atoms with van der Waals surface area (Å²) < 4.78 is 0. The molecule has 6 nitrogen and oxygen atoms in total. The molecule has 0 bridgehead atoms. The lowest BCUT2D eigenvalue weighted by molar-refractivity contribution is 0.0942. The summed E-state index contributed by atoms with van der Waals surface area (Å²) >= 11 is 0. The van der Waals surface area contributed by atoms with Gasteiger partial charge in [0.15, 0.2) is 0 Å². The molecule has 2 aromatic rings. The number of hydrogen-bond donors (Lipinski definition) is 2. The van der Waals surface area contributed by atoms with E-state index in [4.69, 9.17) is 0 Å². The lowest BCUT2D eigenvalue weighted by Gasteiger charge is -2.32. The normalized spacial score (nSPS) is 14.8. The average molecular weight is 380 g/mol. The number of benzene rings is 1. The van der Waals surface area contributed by atoms with E-state index in [1.54, 1.807) is 6.07 Å². The second-order valence-electron chi connectivity index (χ2n) is 7.76. The van der Waals surface area contributed by atoms with Gasteiger partial charge >= 0.3 is 0 Å². The first-order valence-electron chi connectivity index (χ1n) is 9.84. The number of amides is 2. The van der Waals surface area contributed by atoms with Crippen LogP contribution in [-0.2, 0) is 0 Å². The molecule has 0 unspecified atom stereocenters. The third-order valence-electron chi connectivity index (χ3n) is 4.96. The summed E-state index contributed by atoms with van der Waals surface area (Å²) in [5, 5.41) is 5.67. The molecule has 1 aromatic heterocycles. The van der Waals surface area contributed by atoms with Gasteiger partial charge in [0.1, 0.15) is 0 Å². The van der Waals surface area contributed by atoms with Crippen molar-refractivity contribution in [1.82, 2.24) is 10.3 Å². The quantitative estimate of drug-likeness (QED) is 0.829. The van der Waals surface area contributed by atoms with Crippen LogP contribution >= 0.6 is 0 Å². The van der Waals surface area contributed by atoms with E-state index in [2.05, 4.69) is 27.4 Å². The van der Waals surface area contributed by atoms with Crippen molar-refractivity contribution in [2.24, 2.45) is 5.92 Å². The highest BCUT2D eigenvalue weighted by atomic mass is 16.2. The van der Waals surface area contributed by atoms with E-state index in [-0.39, 0.29) is 17.9 Å². The van der Waals surface area contributed by atoms with Gasteiger partial charge in [-0.3, -0.25) is 14.6 Å². The second-order valence-corrected chi connectivity index (χ2v) is 7.76. The molecule has 2 N–H and O–H groups in total.